The van der Waals surface area contributed by atoms with Crippen LogP contribution in [0, 0.1) is 5.92 Å². The first kappa shape index (κ1) is 23.2. The second kappa shape index (κ2) is 11.8. The molecule has 0 bridgehead atoms. The summed E-state index contributed by atoms with van der Waals surface area (Å²) in [4.78, 5) is 23.0. The first-order valence-corrected chi connectivity index (χ1v) is 9.95. The number of piperidine rings is 1. The molecule has 0 spiro atoms. The Morgan fingerprint density at radius 3 is 2.69 bits per heavy atom. The molecule has 8 heteroatoms. The number of imidazole rings is 1. The van der Waals surface area contributed by atoms with Crippen molar-refractivity contribution in [3.63, 3.8) is 0 Å². The number of benzene rings is 1. The van der Waals surface area contributed by atoms with Gasteiger partial charge in [0.2, 0.25) is 0 Å². The minimum Gasteiger partial charge on any atom is -0.356 e. The highest BCUT2D eigenvalue weighted by molar-refractivity contribution is 14.0. The standard InChI is InChI=1S/C21H30N6O.HI/c1-17-9-13-26(15-19(17)27-14-12-23-16-27)21(22-2)25-11-6-10-24-20(28)18-7-4-3-5-8-18;/h3-5,7-8,12,14,16-17,19H,6,9-11,13,15H2,1-2H3,(H,22,25)(H,24,28);1H. The number of amides is 1. The molecule has 2 heterocycles. The highest BCUT2D eigenvalue weighted by Gasteiger charge is 2.28. The molecule has 1 aliphatic heterocycles. The predicted octanol–water partition coefficient (Wildman–Crippen LogP) is 2.78. The van der Waals surface area contributed by atoms with Crippen LogP contribution in [0.15, 0.2) is 54.0 Å². The van der Waals surface area contributed by atoms with Gasteiger partial charge in [-0.25, -0.2) is 4.98 Å². The summed E-state index contributed by atoms with van der Waals surface area (Å²) in [6, 6.07) is 9.70. The Hall–Kier alpha value is -2.10. The van der Waals surface area contributed by atoms with Gasteiger partial charge in [0.1, 0.15) is 0 Å². The minimum absolute atomic E-state index is 0. The normalized spacial score (nSPS) is 19.4. The quantitative estimate of drug-likeness (QED) is 0.271. The summed E-state index contributed by atoms with van der Waals surface area (Å²) in [6.07, 6.45) is 7.73. The predicted molar refractivity (Wildman–Crippen MR) is 127 cm³/mol. The number of guanidine groups is 1. The zero-order chi connectivity index (χ0) is 19.8. The number of rotatable bonds is 6. The fourth-order valence-corrected chi connectivity index (χ4v) is 3.61. The third kappa shape index (κ3) is 6.45. The third-order valence-electron chi connectivity index (χ3n) is 5.30. The summed E-state index contributed by atoms with van der Waals surface area (Å²) in [6.45, 7) is 5.61. The van der Waals surface area contributed by atoms with Crippen LogP contribution in [0.3, 0.4) is 0 Å². The summed E-state index contributed by atoms with van der Waals surface area (Å²) in [5, 5.41) is 6.39. The van der Waals surface area contributed by atoms with Crippen molar-refractivity contribution in [1.29, 1.82) is 0 Å². The van der Waals surface area contributed by atoms with E-state index < -0.39 is 0 Å². The molecule has 0 saturated carbocycles. The Labute approximate surface area is 190 Å². The Balaban J connectivity index is 0.00000300. The highest BCUT2D eigenvalue weighted by Crippen LogP contribution is 2.27. The fraction of sp³-hybridized carbons (Fsp3) is 0.476. The van der Waals surface area contributed by atoms with Gasteiger partial charge < -0.3 is 20.1 Å². The van der Waals surface area contributed by atoms with E-state index in [1.165, 1.54) is 0 Å². The van der Waals surface area contributed by atoms with Gasteiger partial charge >= 0.3 is 0 Å². The van der Waals surface area contributed by atoms with E-state index >= 15 is 0 Å². The Bertz CT molecular complexity index is 765. The lowest BCUT2D eigenvalue weighted by Gasteiger charge is -2.39. The molecule has 0 aliphatic carbocycles. The van der Waals surface area contributed by atoms with Gasteiger partial charge in [-0.1, -0.05) is 25.1 Å². The third-order valence-corrected chi connectivity index (χ3v) is 5.30. The summed E-state index contributed by atoms with van der Waals surface area (Å²) in [7, 11) is 1.82. The number of hydrogen-bond acceptors (Lipinski definition) is 3. The van der Waals surface area contributed by atoms with Gasteiger partial charge in [-0.2, -0.15) is 0 Å². The summed E-state index contributed by atoms with van der Waals surface area (Å²) < 4.78 is 2.20. The van der Waals surface area contributed by atoms with Crippen molar-refractivity contribution in [3.05, 3.63) is 54.6 Å². The van der Waals surface area contributed by atoms with Gasteiger partial charge in [0.25, 0.3) is 5.91 Å². The minimum atomic E-state index is -0.0295. The fourth-order valence-electron chi connectivity index (χ4n) is 3.61. The van der Waals surface area contributed by atoms with Gasteiger partial charge in [0.05, 0.1) is 12.4 Å². The molecular weight excluding hydrogens is 479 g/mol. The topological polar surface area (TPSA) is 74.6 Å². The van der Waals surface area contributed by atoms with Crippen LogP contribution in [-0.2, 0) is 0 Å². The van der Waals surface area contributed by atoms with Gasteiger partial charge in [0, 0.05) is 51.2 Å². The van der Waals surface area contributed by atoms with Crippen molar-refractivity contribution < 1.29 is 4.79 Å². The van der Waals surface area contributed by atoms with Crippen molar-refractivity contribution in [2.45, 2.75) is 25.8 Å². The molecule has 2 unspecified atom stereocenters. The van der Waals surface area contributed by atoms with E-state index in [1.54, 1.807) is 0 Å². The van der Waals surface area contributed by atoms with Crippen molar-refractivity contribution in [2.24, 2.45) is 10.9 Å². The van der Waals surface area contributed by atoms with Crippen molar-refractivity contribution in [1.82, 2.24) is 25.1 Å². The Morgan fingerprint density at radius 2 is 2.00 bits per heavy atom. The molecule has 1 saturated heterocycles. The van der Waals surface area contributed by atoms with Crippen LogP contribution in [0.2, 0.25) is 0 Å². The summed E-state index contributed by atoms with van der Waals surface area (Å²) >= 11 is 0. The largest absolute Gasteiger partial charge is 0.356 e. The van der Waals surface area contributed by atoms with Crippen LogP contribution in [0.5, 0.6) is 0 Å². The van der Waals surface area contributed by atoms with E-state index in [4.69, 9.17) is 0 Å². The van der Waals surface area contributed by atoms with Crippen LogP contribution in [0.4, 0.5) is 0 Å². The SMILES string of the molecule is CN=C(NCCCNC(=O)c1ccccc1)N1CCC(C)C(n2ccnc2)C1.I. The molecule has 2 atom stereocenters. The number of likely N-dealkylation sites (tertiary alicyclic amines) is 1. The molecule has 2 aromatic rings. The van der Waals surface area contributed by atoms with Gasteiger partial charge in [-0.15, -0.1) is 24.0 Å². The van der Waals surface area contributed by atoms with Gasteiger partial charge in [-0.3, -0.25) is 9.79 Å². The Morgan fingerprint density at radius 1 is 1.24 bits per heavy atom. The van der Waals surface area contributed by atoms with E-state index in [9.17, 15) is 4.79 Å². The van der Waals surface area contributed by atoms with E-state index in [0.717, 1.165) is 38.4 Å². The van der Waals surface area contributed by atoms with Gasteiger partial charge in [0.15, 0.2) is 5.96 Å². The van der Waals surface area contributed by atoms with Crippen molar-refractivity contribution >= 4 is 35.8 Å². The number of carbonyl (C=O) groups excluding carboxylic acids is 1. The highest BCUT2D eigenvalue weighted by atomic mass is 127. The maximum atomic E-state index is 12.1. The lowest BCUT2D eigenvalue weighted by atomic mass is 9.93. The Kier molecular flexibility index (Phi) is 9.43. The average Bonchev–Trinajstić information content (AvgIpc) is 3.26. The summed E-state index contributed by atoms with van der Waals surface area (Å²) in [5.74, 6) is 1.50. The molecule has 0 radical (unpaired) electrons. The summed E-state index contributed by atoms with van der Waals surface area (Å²) in [5.41, 5.74) is 0.694. The maximum absolute atomic E-state index is 12.1. The van der Waals surface area contributed by atoms with E-state index in [0.29, 0.717) is 24.1 Å². The average molecular weight is 510 g/mol. The molecule has 2 N–H and O–H groups in total. The van der Waals surface area contributed by atoms with Gasteiger partial charge in [-0.05, 0) is 30.9 Å². The van der Waals surface area contributed by atoms with Crippen molar-refractivity contribution in [2.75, 3.05) is 33.2 Å². The molecule has 1 aromatic heterocycles. The van der Waals surface area contributed by atoms with Crippen LogP contribution in [0.25, 0.3) is 0 Å². The second-order valence-electron chi connectivity index (χ2n) is 7.24. The number of aliphatic imine (C=N–C) groups is 1. The lowest BCUT2D eigenvalue weighted by molar-refractivity contribution is 0.0953. The first-order chi connectivity index (χ1) is 13.7. The molecule has 1 aromatic carbocycles. The number of hydrogen-bond donors (Lipinski definition) is 2. The number of carbonyl (C=O) groups is 1. The first-order valence-electron chi connectivity index (χ1n) is 9.95. The molecular formula is C21H31IN6O. The van der Waals surface area contributed by atoms with Crippen molar-refractivity contribution in [3.8, 4) is 0 Å². The number of nitrogens with zero attached hydrogens (tertiary/aromatic N) is 4. The van der Waals surface area contributed by atoms with E-state index in [-0.39, 0.29) is 29.9 Å². The molecule has 158 valence electrons. The number of nitrogens with one attached hydrogen (secondary N) is 2. The lowest BCUT2D eigenvalue weighted by Crippen LogP contribution is -2.49. The molecule has 7 nitrogen and oxygen atoms in total. The molecule has 1 aliphatic rings. The zero-order valence-corrected chi connectivity index (χ0v) is 19.5. The molecule has 1 fully saturated rings. The number of halogens is 1. The molecule has 29 heavy (non-hydrogen) atoms. The second-order valence-corrected chi connectivity index (χ2v) is 7.24. The number of aromatic nitrogens is 2. The molecule has 3 rings (SSSR count). The van der Waals surface area contributed by atoms with Crippen LogP contribution >= 0.6 is 24.0 Å². The smallest absolute Gasteiger partial charge is 0.251 e. The van der Waals surface area contributed by atoms with Crippen LogP contribution < -0.4 is 10.6 Å². The van der Waals surface area contributed by atoms with Crippen LogP contribution in [-0.4, -0.2) is 59.5 Å². The van der Waals surface area contributed by atoms with E-state index in [2.05, 4.69) is 37.0 Å². The zero-order valence-electron chi connectivity index (χ0n) is 17.1. The maximum Gasteiger partial charge on any atom is 0.251 e. The van der Waals surface area contributed by atoms with E-state index in [1.807, 2.05) is 56.1 Å². The molecule has 1 amide bonds. The van der Waals surface area contributed by atoms with Crippen LogP contribution in [0.1, 0.15) is 36.2 Å². The monoisotopic (exact) mass is 510 g/mol.